The number of carbonyl (C=O) groups is 1. The molecule has 2 aromatic carbocycles. The van der Waals surface area contributed by atoms with Gasteiger partial charge in [-0.2, -0.15) is 0 Å². The van der Waals surface area contributed by atoms with E-state index in [2.05, 4.69) is 52.3 Å². The fraction of sp³-hybridized carbons (Fsp3) is 0.278. The predicted octanol–water partition coefficient (Wildman–Crippen LogP) is 5.13. The van der Waals surface area contributed by atoms with Gasteiger partial charge in [0.25, 0.3) is 0 Å². The molecule has 102 valence electrons. The van der Waals surface area contributed by atoms with Crippen LogP contribution in [0.15, 0.2) is 53.0 Å². The minimum absolute atomic E-state index is 0.196. The third-order valence-corrected chi connectivity index (χ3v) is 5.02. The first-order chi connectivity index (χ1) is 9.62. The summed E-state index contributed by atoms with van der Waals surface area (Å²) < 4.78 is 1.09. The van der Waals surface area contributed by atoms with Crippen molar-refractivity contribution >= 4 is 21.7 Å². The first-order valence-electron chi connectivity index (χ1n) is 6.99. The number of Topliss-reactive ketones (excluding diaryl/α,β-unsaturated/α-hetero) is 1. The zero-order chi connectivity index (χ0) is 14.2. The largest absolute Gasteiger partial charge is 0.299 e. The van der Waals surface area contributed by atoms with Gasteiger partial charge in [-0.25, -0.2) is 0 Å². The summed E-state index contributed by atoms with van der Waals surface area (Å²) in [5.41, 5.74) is 3.37. The molecule has 0 aromatic heterocycles. The van der Waals surface area contributed by atoms with Crippen LogP contribution in [-0.4, -0.2) is 5.78 Å². The van der Waals surface area contributed by atoms with Crippen molar-refractivity contribution in [3.8, 4) is 11.1 Å². The molecule has 0 amide bonds. The molecule has 1 nitrogen and oxygen atoms in total. The van der Waals surface area contributed by atoms with Crippen LogP contribution in [0.3, 0.4) is 0 Å². The number of carbonyl (C=O) groups excluding carboxylic acids is 1. The molecular formula is C18H17BrO. The zero-order valence-corrected chi connectivity index (χ0v) is 13.1. The number of rotatable bonds is 3. The molecule has 0 saturated heterocycles. The molecule has 0 spiro atoms. The highest BCUT2D eigenvalue weighted by molar-refractivity contribution is 9.10. The van der Waals surface area contributed by atoms with Crippen LogP contribution in [0.25, 0.3) is 11.1 Å². The number of hydrogen-bond acceptors (Lipinski definition) is 1. The van der Waals surface area contributed by atoms with Gasteiger partial charge in [-0.15, -0.1) is 0 Å². The summed E-state index contributed by atoms with van der Waals surface area (Å²) in [5.74, 6) is 0.306. The molecule has 0 heterocycles. The highest BCUT2D eigenvalue weighted by Crippen LogP contribution is 2.44. The van der Waals surface area contributed by atoms with Crippen LogP contribution in [-0.2, 0) is 10.2 Å². The Morgan fingerprint density at radius 3 is 1.85 bits per heavy atom. The van der Waals surface area contributed by atoms with Gasteiger partial charge in [0.1, 0.15) is 5.78 Å². The van der Waals surface area contributed by atoms with Gasteiger partial charge in [-0.05, 0) is 48.6 Å². The van der Waals surface area contributed by atoms with Crippen molar-refractivity contribution in [3.63, 3.8) is 0 Å². The Kier molecular flexibility index (Phi) is 3.51. The Labute approximate surface area is 128 Å². The van der Waals surface area contributed by atoms with E-state index in [1.807, 2.05) is 12.1 Å². The molecule has 3 rings (SSSR count). The van der Waals surface area contributed by atoms with E-state index >= 15 is 0 Å². The average molecular weight is 329 g/mol. The lowest BCUT2D eigenvalue weighted by Gasteiger charge is -2.40. The maximum Gasteiger partial charge on any atom is 0.140 e. The minimum atomic E-state index is -0.196. The summed E-state index contributed by atoms with van der Waals surface area (Å²) in [6.07, 6.45) is 3.16. The van der Waals surface area contributed by atoms with Gasteiger partial charge >= 0.3 is 0 Å². The first kappa shape index (κ1) is 13.6. The minimum Gasteiger partial charge on any atom is -0.299 e. The van der Waals surface area contributed by atoms with Crippen molar-refractivity contribution in [3.05, 3.63) is 58.6 Å². The second-order valence-electron chi connectivity index (χ2n) is 5.58. The summed E-state index contributed by atoms with van der Waals surface area (Å²) >= 11 is 3.45. The summed E-state index contributed by atoms with van der Waals surface area (Å²) in [7, 11) is 0. The fourth-order valence-corrected chi connectivity index (χ4v) is 3.26. The monoisotopic (exact) mass is 328 g/mol. The molecule has 1 fully saturated rings. The smallest absolute Gasteiger partial charge is 0.140 e. The SMILES string of the molecule is CC(=O)C1(c2ccc(-c3ccc(Br)cc3)cc2)CCC1. The normalized spacial score (nSPS) is 16.5. The summed E-state index contributed by atoms with van der Waals surface area (Å²) in [6, 6.07) is 16.8. The molecule has 1 aliphatic carbocycles. The molecular weight excluding hydrogens is 312 g/mol. The van der Waals surface area contributed by atoms with E-state index in [9.17, 15) is 4.79 Å². The molecule has 2 aromatic rings. The maximum absolute atomic E-state index is 11.9. The third-order valence-electron chi connectivity index (χ3n) is 4.50. The average Bonchev–Trinajstić information content (AvgIpc) is 2.39. The van der Waals surface area contributed by atoms with Crippen LogP contribution in [0, 0.1) is 0 Å². The van der Waals surface area contributed by atoms with Crippen molar-refractivity contribution < 1.29 is 4.79 Å². The van der Waals surface area contributed by atoms with Crippen molar-refractivity contribution in [1.29, 1.82) is 0 Å². The van der Waals surface area contributed by atoms with Crippen LogP contribution in [0.4, 0.5) is 0 Å². The highest BCUT2D eigenvalue weighted by Gasteiger charge is 2.42. The molecule has 20 heavy (non-hydrogen) atoms. The lowest BCUT2D eigenvalue weighted by molar-refractivity contribution is -0.125. The summed E-state index contributed by atoms with van der Waals surface area (Å²) in [6.45, 7) is 1.72. The summed E-state index contributed by atoms with van der Waals surface area (Å²) in [5, 5.41) is 0. The van der Waals surface area contributed by atoms with Crippen LogP contribution in [0.1, 0.15) is 31.7 Å². The van der Waals surface area contributed by atoms with Crippen LogP contribution in [0.2, 0.25) is 0 Å². The fourth-order valence-electron chi connectivity index (χ4n) is 3.00. The van der Waals surface area contributed by atoms with E-state index in [4.69, 9.17) is 0 Å². The van der Waals surface area contributed by atoms with Crippen LogP contribution < -0.4 is 0 Å². The van der Waals surface area contributed by atoms with Crippen LogP contribution in [0.5, 0.6) is 0 Å². The third kappa shape index (κ3) is 2.22. The zero-order valence-electron chi connectivity index (χ0n) is 11.5. The van der Waals surface area contributed by atoms with Crippen molar-refractivity contribution in [2.75, 3.05) is 0 Å². The van der Waals surface area contributed by atoms with Gasteiger partial charge < -0.3 is 0 Å². The molecule has 2 heteroatoms. The summed E-state index contributed by atoms with van der Waals surface area (Å²) in [4.78, 5) is 11.9. The molecule has 0 bridgehead atoms. The van der Waals surface area contributed by atoms with E-state index in [0.29, 0.717) is 5.78 Å². The second-order valence-corrected chi connectivity index (χ2v) is 6.49. The Morgan fingerprint density at radius 2 is 1.45 bits per heavy atom. The van der Waals surface area contributed by atoms with Crippen molar-refractivity contribution in [2.24, 2.45) is 0 Å². The number of ketones is 1. The van der Waals surface area contributed by atoms with Crippen molar-refractivity contribution in [2.45, 2.75) is 31.6 Å². The molecule has 1 aliphatic rings. The predicted molar refractivity (Wildman–Crippen MR) is 85.8 cm³/mol. The molecule has 1 saturated carbocycles. The molecule has 0 atom stereocenters. The second kappa shape index (κ2) is 5.17. The van der Waals surface area contributed by atoms with Gasteiger partial charge in [0.15, 0.2) is 0 Å². The maximum atomic E-state index is 11.9. The quantitative estimate of drug-likeness (QED) is 0.763. The van der Waals surface area contributed by atoms with Crippen molar-refractivity contribution in [1.82, 2.24) is 0 Å². The highest BCUT2D eigenvalue weighted by atomic mass is 79.9. The Bertz CT molecular complexity index is 621. The Morgan fingerprint density at radius 1 is 0.950 bits per heavy atom. The number of hydrogen-bond donors (Lipinski definition) is 0. The molecule has 0 aliphatic heterocycles. The van der Waals surface area contributed by atoms with Gasteiger partial charge in [-0.3, -0.25) is 4.79 Å². The lowest BCUT2D eigenvalue weighted by atomic mass is 9.62. The topological polar surface area (TPSA) is 17.1 Å². The molecule has 0 N–H and O–H groups in total. The van der Waals surface area contributed by atoms with E-state index in [0.717, 1.165) is 23.7 Å². The van der Waals surface area contributed by atoms with E-state index in [-0.39, 0.29) is 5.41 Å². The number of halogens is 1. The van der Waals surface area contributed by atoms with E-state index in [1.54, 1.807) is 6.92 Å². The Balaban J connectivity index is 1.92. The first-order valence-corrected chi connectivity index (χ1v) is 7.79. The lowest BCUT2D eigenvalue weighted by Crippen LogP contribution is -2.40. The van der Waals surface area contributed by atoms with E-state index < -0.39 is 0 Å². The Hall–Kier alpha value is -1.41. The van der Waals surface area contributed by atoms with Gasteiger partial charge in [-0.1, -0.05) is 58.7 Å². The van der Waals surface area contributed by atoms with E-state index in [1.165, 1.54) is 16.7 Å². The number of benzene rings is 2. The van der Waals surface area contributed by atoms with Gasteiger partial charge in [0, 0.05) is 4.47 Å². The molecule has 0 radical (unpaired) electrons. The van der Waals surface area contributed by atoms with Gasteiger partial charge in [0.2, 0.25) is 0 Å². The van der Waals surface area contributed by atoms with Crippen LogP contribution >= 0.6 is 15.9 Å². The standard InChI is InChI=1S/C18H17BrO/c1-13(20)18(11-2-12-18)16-7-3-14(4-8-16)15-5-9-17(19)10-6-15/h3-10H,2,11-12H2,1H3. The molecule has 0 unspecified atom stereocenters. The van der Waals surface area contributed by atoms with Gasteiger partial charge in [0.05, 0.1) is 5.41 Å².